The van der Waals surface area contributed by atoms with Crippen LogP contribution in [-0.2, 0) is 0 Å². The third kappa shape index (κ3) is 2.62. The number of hydrogen-bond donors (Lipinski definition) is 1. The third-order valence-corrected chi connectivity index (χ3v) is 3.90. The third-order valence-electron chi connectivity index (χ3n) is 3.90. The lowest BCUT2D eigenvalue weighted by Crippen LogP contribution is -2.56. The molecule has 1 N–H and O–H groups in total. The second kappa shape index (κ2) is 5.42. The maximum absolute atomic E-state index is 12.4. The molecule has 1 saturated heterocycles. The van der Waals surface area contributed by atoms with Crippen LogP contribution in [0, 0.1) is 0 Å². The highest BCUT2D eigenvalue weighted by Crippen LogP contribution is 2.06. The van der Waals surface area contributed by atoms with E-state index in [1.165, 1.54) is 4.40 Å². The van der Waals surface area contributed by atoms with E-state index >= 15 is 0 Å². The van der Waals surface area contributed by atoms with Gasteiger partial charge in [0.2, 0.25) is 0 Å². The summed E-state index contributed by atoms with van der Waals surface area (Å²) >= 11 is 0. The number of nitrogens with zero attached hydrogens (tertiary/aromatic N) is 4. The lowest BCUT2D eigenvalue weighted by Gasteiger charge is -2.36. The first-order valence-electron chi connectivity index (χ1n) is 7.13. The standard InChI is InChI=1S/C14H19N5O2/c1-10-8-17(11(2)7-15-10)9-13(20)19-14(21)18-6-4-3-5-12(18)16-19/h3-6,10-11,15H,7-9H2,1-2H3. The van der Waals surface area contributed by atoms with E-state index in [4.69, 9.17) is 0 Å². The van der Waals surface area contributed by atoms with Crippen molar-refractivity contribution in [1.29, 1.82) is 0 Å². The molecule has 7 heteroatoms. The fourth-order valence-electron chi connectivity index (χ4n) is 2.65. The highest BCUT2D eigenvalue weighted by atomic mass is 16.2. The van der Waals surface area contributed by atoms with Gasteiger partial charge in [-0.3, -0.25) is 9.69 Å². The summed E-state index contributed by atoms with van der Waals surface area (Å²) in [6.07, 6.45) is 1.62. The summed E-state index contributed by atoms with van der Waals surface area (Å²) in [5.74, 6) is -0.287. The van der Waals surface area contributed by atoms with Crippen LogP contribution in [0.25, 0.3) is 5.65 Å². The molecule has 0 bridgehead atoms. The number of carbonyl (C=O) groups is 1. The van der Waals surface area contributed by atoms with E-state index in [9.17, 15) is 9.59 Å². The smallest absolute Gasteiger partial charge is 0.311 e. The molecule has 2 atom stereocenters. The van der Waals surface area contributed by atoms with Crippen LogP contribution < -0.4 is 11.0 Å². The summed E-state index contributed by atoms with van der Waals surface area (Å²) in [4.78, 5) is 26.6. The van der Waals surface area contributed by atoms with E-state index in [0.717, 1.165) is 17.8 Å². The van der Waals surface area contributed by atoms with Crippen LogP contribution in [0.2, 0.25) is 0 Å². The molecule has 2 aromatic rings. The van der Waals surface area contributed by atoms with Crippen molar-refractivity contribution in [2.75, 3.05) is 19.6 Å². The average molecular weight is 289 g/mol. The number of fused-ring (bicyclic) bond motifs is 1. The Kier molecular flexibility index (Phi) is 3.60. The molecular formula is C14H19N5O2. The van der Waals surface area contributed by atoms with Gasteiger partial charge < -0.3 is 5.32 Å². The maximum atomic E-state index is 12.4. The minimum Gasteiger partial charge on any atom is -0.311 e. The molecule has 1 aliphatic heterocycles. The lowest BCUT2D eigenvalue weighted by molar-refractivity contribution is 0.0745. The van der Waals surface area contributed by atoms with Crippen molar-refractivity contribution in [2.45, 2.75) is 25.9 Å². The van der Waals surface area contributed by atoms with Crippen LogP contribution in [0.4, 0.5) is 0 Å². The van der Waals surface area contributed by atoms with Crippen LogP contribution in [-0.4, -0.2) is 56.7 Å². The second-order valence-corrected chi connectivity index (χ2v) is 5.60. The molecule has 3 heterocycles. The first-order valence-corrected chi connectivity index (χ1v) is 7.13. The Morgan fingerprint density at radius 3 is 3.00 bits per heavy atom. The van der Waals surface area contributed by atoms with Gasteiger partial charge in [-0.1, -0.05) is 6.07 Å². The van der Waals surface area contributed by atoms with Gasteiger partial charge in [0.15, 0.2) is 5.65 Å². The molecule has 2 aromatic heterocycles. The van der Waals surface area contributed by atoms with Gasteiger partial charge in [-0.15, -0.1) is 9.78 Å². The molecule has 0 aliphatic carbocycles. The van der Waals surface area contributed by atoms with Gasteiger partial charge in [0.25, 0.3) is 5.91 Å². The zero-order valence-electron chi connectivity index (χ0n) is 12.2. The maximum Gasteiger partial charge on any atom is 0.357 e. The zero-order valence-corrected chi connectivity index (χ0v) is 12.2. The Bertz CT molecular complexity index is 719. The van der Waals surface area contributed by atoms with Crippen molar-refractivity contribution < 1.29 is 4.79 Å². The molecule has 3 rings (SSSR count). The van der Waals surface area contributed by atoms with Crippen LogP contribution in [0.15, 0.2) is 29.2 Å². The molecule has 2 unspecified atom stereocenters. The van der Waals surface area contributed by atoms with Crippen LogP contribution in [0.5, 0.6) is 0 Å². The number of nitrogens with one attached hydrogen (secondary N) is 1. The number of carbonyl (C=O) groups excluding carboxylic acids is 1. The fraction of sp³-hybridized carbons (Fsp3) is 0.500. The summed E-state index contributed by atoms with van der Waals surface area (Å²) in [5.41, 5.74) is 0.0732. The van der Waals surface area contributed by atoms with Crippen LogP contribution >= 0.6 is 0 Å². The molecular weight excluding hydrogens is 270 g/mol. The predicted molar refractivity (Wildman–Crippen MR) is 78.6 cm³/mol. The van der Waals surface area contributed by atoms with Crippen molar-refractivity contribution in [1.82, 2.24) is 24.4 Å². The largest absolute Gasteiger partial charge is 0.357 e. The van der Waals surface area contributed by atoms with E-state index in [-0.39, 0.29) is 18.5 Å². The van der Waals surface area contributed by atoms with Gasteiger partial charge in [0, 0.05) is 31.4 Å². The summed E-state index contributed by atoms with van der Waals surface area (Å²) in [5, 5.41) is 7.46. The highest BCUT2D eigenvalue weighted by molar-refractivity contribution is 5.80. The summed E-state index contributed by atoms with van der Waals surface area (Å²) in [6.45, 7) is 5.99. The summed E-state index contributed by atoms with van der Waals surface area (Å²) in [6, 6.07) is 5.84. The van der Waals surface area contributed by atoms with Crippen molar-refractivity contribution >= 4 is 11.6 Å². The van der Waals surface area contributed by atoms with Crippen LogP contribution in [0.3, 0.4) is 0 Å². The monoisotopic (exact) mass is 289 g/mol. The van der Waals surface area contributed by atoms with Crippen LogP contribution in [0.1, 0.15) is 18.6 Å². The Labute approximate surface area is 122 Å². The fourth-order valence-corrected chi connectivity index (χ4v) is 2.65. The van der Waals surface area contributed by atoms with Crippen molar-refractivity contribution in [3.63, 3.8) is 0 Å². The minimum atomic E-state index is -0.411. The molecule has 0 radical (unpaired) electrons. The summed E-state index contributed by atoms with van der Waals surface area (Å²) < 4.78 is 2.34. The number of hydrogen-bond acceptors (Lipinski definition) is 5. The topological polar surface area (TPSA) is 71.6 Å². The van der Waals surface area contributed by atoms with Gasteiger partial charge in [0.1, 0.15) is 0 Å². The molecule has 1 aliphatic rings. The van der Waals surface area contributed by atoms with E-state index in [1.54, 1.807) is 24.4 Å². The molecule has 0 amide bonds. The quantitative estimate of drug-likeness (QED) is 0.830. The number of piperazine rings is 1. The number of pyridine rings is 1. The van der Waals surface area contributed by atoms with Gasteiger partial charge in [-0.05, 0) is 26.0 Å². The normalized spacial score (nSPS) is 23.5. The first kappa shape index (κ1) is 14.0. The molecule has 112 valence electrons. The molecule has 7 nitrogen and oxygen atoms in total. The van der Waals surface area contributed by atoms with E-state index in [0.29, 0.717) is 11.7 Å². The van der Waals surface area contributed by atoms with Crippen molar-refractivity contribution in [3.05, 3.63) is 34.9 Å². The van der Waals surface area contributed by atoms with E-state index in [2.05, 4.69) is 29.2 Å². The average Bonchev–Trinajstić information content (AvgIpc) is 2.81. The van der Waals surface area contributed by atoms with E-state index < -0.39 is 5.69 Å². The molecule has 0 aromatic carbocycles. The first-order chi connectivity index (χ1) is 10.1. The van der Waals surface area contributed by atoms with Gasteiger partial charge in [-0.25, -0.2) is 9.20 Å². The number of rotatable bonds is 2. The highest BCUT2D eigenvalue weighted by Gasteiger charge is 2.25. The molecule has 0 saturated carbocycles. The predicted octanol–water partition coefficient (Wildman–Crippen LogP) is -0.182. The molecule has 0 spiro atoms. The second-order valence-electron chi connectivity index (χ2n) is 5.60. The molecule has 21 heavy (non-hydrogen) atoms. The zero-order chi connectivity index (χ0) is 15.0. The van der Waals surface area contributed by atoms with Gasteiger partial charge in [-0.2, -0.15) is 0 Å². The van der Waals surface area contributed by atoms with Gasteiger partial charge >= 0.3 is 5.69 Å². The van der Waals surface area contributed by atoms with Gasteiger partial charge in [0.05, 0.1) is 6.54 Å². The minimum absolute atomic E-state index is 0.205. The van der Waals surface area contributed by atoms with E-state index in [1.807, 2.05) is 0 Å². The SMILES string of the molecule is CC1CN(CC(=O)n2nc3ccccn3c2=O)C(C)CN1. The Balaban J connectivity index is 1.84. The summed E-state index contributed by atoms with van der Waals surface area (Å²) in [7, 11) is 0. The van der Waals surface area contributed by atoms with Crippen molar-refractivity contribution in [3.8, 4) is 0 Å². The Morgan fingerprint density at radius 1 is 1.43 bits per heavy atom. The van der Waals surface area contributed by atoms with Crippen molar-refractivity contribution in [2.24, 2.45) is 0 Å². The Morgan fingerprint density at radius 2 is 2.24 bits per heavy atom. The lowest BCUT2D eigenvalue weighted by atomic mass is 10.1. The molecule has 1 fully saturated rings. The number of aromatic nitrogens is 3. The Hall–Kier alpha value is -1.99.